The molecule has 0 aromatic heterocycles. The van der Waals surface area contributed by atoms with Crippen LogP contribution in [0.5, 0.6) is 0 Å². The van der Waals surface area contributed by atoms with Crippen LogP contribution in [-0.2, 0) is 25.5 Å². The number of carbonyl (C=O) groups excluding carboxylic acids is 2. The van der Waals surface area contributed by atoms with Crippen molar-refractivity contribution in [1.29, 1.82) is 0 Å². The molecular formula is C23H27BO5. The van der Waals surface area contributed by atoms with Crippen molar-refractivity contribution in [2.45, 2.75) is 45.6 Å². The summed E-state index contributed by atoms with van der Waals surface area (Å²) in [6.45, 7) is 4.27. The van der Waals surface area contributed by atoms with Gasteiger partial charge in [-0.1, -0.05) is 61.4 Å². The van der Waals surface area contributed by atoms with Crippen LogP contribution in [0.3, 0.4) is 0 Å². The minimum Gasteiger partial charge on any atom is -0.451 e. The molecular weight excluding hydrogens is 367 g/mol. The fourth-order valence-electron chi connectivity index (χ4n) is 3.81. The van der Waals surface area contributed by atoms with Gasteiger partial charge in [-0.25, -0.2) is 0 Å². The van der Waals surface area contributed by atoms with E-state index in [-0.39, 0.29) is 5.92 Å². The van der Waals surface area contributed by atoms with Gasteiger partial charge in [0, 0.05) is 13.8 Å². The number of cyclic esters (lactones) is 2. The average molecular weight is 394 g/mol. The Balaban J connectivity index is 1.71. The number of rotatable bonds is 7. The van der Waals surface area contributed by atoms with Gasteiger partial charge in [-0.2, -0.15) is 0 Å². The zero-order chi connectivity index (χ0) is 21.0. The Morgan fingerprint density at radius 1 is 0.966 bits per heavy atom. The van der Waals surface area contributed by atoms with Crippen LogP contribution in [0.15, 0.2) is 54.6 Å². The molecule has 1 atom stereocenters. The minimum atomic E-state index is -1.22. The topological polar surface area (TPSA) is 72.8 Å². The first-order valence-corrected chi connectivity index (χ1v) is 10.0. The SMILES string of the molecule is CB(O)C[C@H](Cc1ccc(-c2ccccc2)cc1)CC1C(=O)OC(C)(C)OC1=O. The maximum atomic E-state index is 12.3. The molecule has 1 heterocycles. The summed E-state index contributed by atoms with van der Waals surface area (Å²) in [7, 11) is 0. The first kappa shape index (κ1) is 21.1. The number of carbonyl (C=O) groups is 2. The number of hydrogen-bond donors (Lipinski definition) is 1. The number of hydrogen-bond acceptors (Lipinski definition) is 5. The van der Waals surface area contributed by atoms with Gasteiger partial charge >= 0.3 is 11.9 Å². The molecule has 0 radical (unpaired) electrons. The molecule has 0 bridgehead atoms. The van der Waals surface area contributed by atoms with Gasteiger partial charge in [0.05, 0.1) is 0 Å². The summed E-state index contributed by atoms with van der Waals surface area (Å²) in [6, 6.07) is 18.4. The van der Waals surface area contributed by atoms with Crippen molar-refractivity contribution in [1.82, 2.24) is 0 Å². The zero-order valence-corrected chi connectivity index (χ0v) is 17.1. The summed E-state index contributed by atoms with van der Waals surface area (Å²) in [5.41, 5.74) is 3.37. The Morgan fingerprint density at radius 2 is 1.52 bits per heavy atom. The molecule has 0 spiro atoms. The number of esters is 2. The molecule has 0 unspecified atom stereocenters. The monoisotopic (exact) mass is 394 g/mol. The maximum Gasteiger partial charge on any atom is 0.323 e. The van der Waals surface area contributed by atoms with E-state index in [0.29, 0.717) is 19.2 Å². The Labute approximate surface area is 172 Å². The Morgan fingerprint density at radius 3 is 2.07 bits per heavy atom. The predicted octanol–water partition coefficient (Wildman–Crippen LogP) is 3.97. The molecule has 1 saturated heterocycles. The summed E-state index contributed by atoms with van der Waals surface area (Å²) >= 11 is 0. The summed E-state index contributed by atoms with van der Waals surface area (Å²) in [6.07, 6.45) is 1.43. The van der Waals surface area contributed by atoms with Crippen molar-refractivity contribution in [3.8, 4) is 11.1 Å². The lowest BCUT2D eigenvalue weighted by molar-refractivity contribution is -0.240. The lowest BCUT2D eigenvalue weighted by atomic mass is 9.62. The molecule has 1 aliphatic heterocycles. The molecule has 29 heavy (non-hydrogen) atoms. The van der Waals surface area contributed by atoms with Gasteiger partial charge in [-0.05, 0) is 41.8 Å². The summed E-state index contributed by atoms with van der Waals surface area (Å²) in [5.74, 6) is -3.33. The molecule has 2 aromatic rings. The molecule has 0 amide bonds. The maximum absolute atomic E-state index is 12.3. The largest absolute Gasteiger partial charge is 0.451 e. The third-order valence-electron chi connectivity index (χ3n) is 5.09. The number of ether oxygens (including phenoxy) is 2. The standard InChI is InChI=1S/C23H27BO5/c1-23(2)28-21(25)20(22(26)29-23)14-17(15-24(3)27)13-16-9-11-19(12-10-16)18-7-5-4-6-8-18/h4-12,17,20,27H,13-15H2,1-3H3/t17-/m1/s1. The molecule has 5 nitrogen and oxygen atoms in total. The molecule has 2 aromatic carbocycles. The van der Waals surface area contributed by atoms with Gasteiger partial charge in [0.25, 0.3) is 12.7 Å². The fourth-order valence-corrected chi connectivity index (χ4v) is 3.81. The normalized spacial score (nSPS) is 17.4. The van der Waals surface area contributed by atoms with Gasteiger partial charge in [0.2, 0.25) is 0 Å². The van der Waals surface area contributed by atoms with Crippen LogP contribution in [0.2, 0.25) is 13.1 Å². The van der Waals surface area contributed by atoms with Crippen LogP contribution in [-0.4, -0.2) is 29.7 Å². The molecule has 6 heteroatoms. The van der Waals surface area contributed by atoms with Crippen molar-refractivity contribution >= 4 is 18.9 Å². The minimum absolute atomic E-state index is 0.0520. The first-order valence-electron chi connectivity index (χ1n) is 10.0. The second-order valence-electron chi connectivity index (χ2n) is 8.25. The third-order valence-corrected chi connectivity index (χ3v) is 5.09. The van der Waals surface area contributed by atoms with Crippen LogP contribution in [0.4, 0.5) is 0 Å². The van der Waals surface area contributed by atoms with E-state index in [1.54, 1.807) is 20.7 Å². The Hall–Kier alpha value is -2.60. The van der Waals surface area contributed by atoms with Crippen molar-refractivity contribution in [2.75, 3.05) is 0 Å². The van der Waals surface area contributed by atoms with Crippen molar-refractivity contribution in [3.05, 3.63) is 60.2 Å². The smallest absolute Gasteiger partial charge is 0.323 e. The van der Waals surface area contributed by atoms with Crippen molar-refractivity contribution in [2.24, 2.45) is 11.8 Å². The van der Waals surface area contributed by atoms with Gasteiger partial charge in [-0.3, -0.25) is 9.59 Å². The highest BCUT2D eigenvalue weighted by molar-refractivity contribution is 6.48. The van der Waals surface area contributed by atoms with E-state index in [2.05, 4.69) is 36.4 Å². The van der Waals surface area contributed by atoms with Crippen LogP contribution in [0.25, 0.3) is 11.1 Å². The third kappa shape index (κ3) is 5.70. The highest BCUT2D eigenvalue weighted by Gasteiger charge is 2.44. The highest BCUT2D eigenvalue weighted by Crippen LogP contribution is 2.30. The molecule has 152 valence electrons. The van der Waals surface area contributed by atoms with Crippen molar-refractivity contribution in [3.63, 3.8) is 0 Å². The average Bonchev–Trinajstić information content (AvgIpc) is 2.65. The van der Waals surface area contributed by atoms with Gasteiger partial charge < -0.3 is 14.5 Å². The lowest BCUT2D eigenvalue weighted by Gasteiger charge is -2.34. The second-order valence-corrected chi connectivity index (χ2v) is 8.25. The lowest BCUT2D eigenvalue weighted by Crippen LogP contribution is -2.47. The molecule has 0 aliphatic carbocycles. The molecule has 1 aliphatic rings. The van der Waals surface area contributed by atoms with E-state index in [1.165, 1.54) is 0 Å². The van der Waals surface area contributed by atoms with E-state index >= 15 is 0 Å². The quantitative estimate of drug-likeness (QED) is 0.437. The van der Waals surface area contributed by atoms with Crippen molar-refractivity contribution < 1.29 is 24.1 Å². The van der Waals surface area contributed by atoms with Gasteiger partial charge in [0.15, 0.2) is 5.92 Å². The van der Waals surface area contributed by atoms with Crippen LogP contribution in [0, 0.1) is 11.8 Å². The second kappa shape index (κ2) is 8.83. The first-order chi connectivity index (χ1) is 13.7. The summed E-state index contributed by atoms with van der Waals surface area (Å²) in [5, 5.41) is 9.91. The van der Waals surface area contributed by atoms with Crippen LogP contribution < -0.4 is 0 Å². The van der Waals surface area contributed by atoms with E-state index in [4.69, 9.17) is 9.47 Å². The van der Waals surface area contributed by atoms with E-state index < -0.39 is 30.6 Å². The summed E-state index contributed by atoms with van der Waals surface area (Å²) in [4.78, 5) is 24.6. The zero-order valence-electron chi connectivity index (χ0n) is 17.1. The molecule has 3 rings (SSSR count). The molecule has 0 saturated carbocycles. The van der Waals surface area contributed by atoms with Crippen LogP contribution in [0.1, 0.15) is 25.8 Å². The van der Waals surface area contributed by atoms with E-state index in [0.717, 1.165) is 16.7 Å². The Bertz CT molecular complexity index is 825. The molecule has 1 fully saturated rings. The van der Waals surface area contributed by atoms with E-state index in [1.807, 2.05) is 18.2 Å². The van der Waals surface area contributed by atoms with Crippen LogP contribution >= 0.6 is 0 Å². The Kier molecular flexibility index (Phi) is 6.43. The fraction of sp³-hybridized carbons (Fsp3) is 0.391. The highest BCUT2D eigenvalue weighted by atomic mass is 16.7. The van der Waals surface area contributed by atoms with E-state index in [9.17, 15) is 14.6 Å². The number of benzene rings is 2. The predicted molar refractivity (Wildman–Crippen MR) is 112 cm³/mol. The summed E-state index contributed by atoms with van der Waals surface area (Å²) < 4.78 is 10.5. The van der Waals surface area contributed by atoms with Gasteiger partial charge in [-0.15, -0.1) is 0 Å². The molecule has 1 N–H and O–H groups in total. The van der Waals surface area contributed by atoms with Gasteiger partial charge in [0.1, 0.15) is 0 Å².